The van der Waals surface area contributed by atoms with Crippen LogP contribution in [0.3, 0.4) is 0 Å². The molecule has 32 heavy (non-hydrogen) atoms. The fourth-order valence-electron chi connectivity index (χ4n) is 3.02. The summed E-state index contributed by atoms with van der Waals surface area (Å²) < 4.78 is 52.7. The Balaban J connectivity index is 1.77. The lowest BCUT2D eigenvalue weighted by molar-refractivity contribution is -0.0473. The van der Waals surface area contributed by atoms with Gasteiger partial charge in [0.25, 0.3) is 0 Å². The number of rotatable bonds is 8. The maximum Gasteiger partial charge on any atom is 0.490 e. The van der Waals surface area contributed by atoms with Crippen LogP contribution in [0.1, 0.15) is 11.6 Å². The fraction of sp³-hybridized carbons (Fsp3) is 0.385. The molecule has 1 fully saturated rings. The number of hydrogen-bond donors (Lipinski definition) is 6. The van der Waals surface area contributed by atoms with E-state index in [2.05, 4.69) is 29.1 Å². The highest BCUT2D eigenvalue weighted by Crippen LogP contribution is 2.66. The van der Waals surface area contributed by atoms with Gasteiger partial charge in [-0.3, -0.25) is 4.52 Å². The Labute approximate surface area is 179 Å². The predicted molar refractivity (Wildman–Crippen MR) is 103 cm³/mol. The molecule has 7 N–H and O–H groups in total. The molecule has 0 spiro atoms. The summed E-state index contributed by atoms with van der Waals surface area (Å²) in [5.41, 5.74) is 4.65. The zero-order chi connectivity index (χ0) is 23.9. The van der Waals surface area contributed by atoms with Crippen LogP contribution in [0.5, 0.6) is 0 Å². The van der Waals surface area contributed by atoms with Crippen LogP contribution in [0.25, 0.3) is 5.52 Å². The molecule has 176 valence electrons. The number of nitrogens with zero attached hydrogens (tertiary/aromatic N) is 3. The summed E-state index contributed by atoms with van der Waals surface area (Å²) in [5.74, 6) is 1.49. The van der Waals surface area contributed by atoms with E-state index in [1.165, 1.54) is 10.8 Å². The summed E-state index contributed by atoms with van der Waals surface area (Å²) >= 11 is 0. The average Bonchev–Trinajstić information content (AvgIpc) is 3.20. The number of aromatic nitrogens is 3. The van der Waals surface area contributed by atoms with Crippen LogP contribution in [0, 0.1) is 12.3 Å². The molecule has 0 saturated carbocycles. The molecule has 3 heterocycles. The van der Waals surface area contributed by atoms with Crippen molar-refractivity contribution in [1.29, 1.82) is 0 Å². The molecule has 5 unspecified atom stereocenters. The maximum absolute atomic E-state index is 12.0. The summed E-state index contributed by atoms with van der Waals surface area (Å²) in [4.78, 5) is 39.8. The first-order chi connectivity index (χ1) is 14.7. The lowest BCUT2D eigenvalue weighted by atomic mass is 9.90. The molecule has 2 aromatic rings. The van der Waals surface area contributed by atoms with Gasteiger partial charge in [0.1, 0.15) is 24.6 Å². The maximum atomic E-state index is 12.0. The van der Waals surface area contributed by atoms with Crippen LogP contribution < -0.4 is 5.73 Å². The van der Waals surface area contributed by atoms with Gasteiger partial charge in [0, 0.05) is 0 Å². The lowest BCUT2D eigenvalue weighted by Crippen LogP contribution is -2.44. The predicted octanol–water partition coefficient (Wildman–Crippen LogP) is -0.499. The lowest BCUT2D eigenvalue weighted by Gasteiger charge is -2.27. The largest absolute Gasteiger partial charge is 0.490 e. The second-order valence-corrected chi connectivity index (χ2v) is 10.9. The summed E-state index contributed by atoms with van der Waals surface area (Å²) in [6, 6.07) is 3.19. The highest BCUT2D eigenvalue weighted by molar-refractivity contribution is 7.66. The summed E-state index contributed by atoms with van der Waals surface area (Å²) in [6.07, 6.45) is 5.11. The molecule has 1 saturated heterocycles. The first-order valence-corrected chi connectivity index (χ1v) is 12.9. The number of nitrogen functional groups attached to an aromatic ring is 1. The van der Waals surface area contributed by atoms with Crippen LogP contribution in [0.2, 0.25) is 0 Å². The number of anilines is 1. The van der Waals surface area contributed by atoms with Gasteiger partial charge in [-0.2, -0.15) is 13.7 Å². The number of terminal acetylenes is 1. The van der Waals surface area contributed by atoms with Crippen LogP contribution in [-0.2, 0) is 31.6 Å². The minimum absolute atomic E-state index is 0.176. The Morgan fingerprint density at radius 3 is 2.56 bits per heavy atom. The van der Waals surface area contributed by atoms with Crippen LogP contribution in [0.15, 0.2) is 18.5 Å². The minimum Gasteiger partial charge on any atom is -0.388 e. The molecule has 0 bridgehead atoms. The van der Waals surface area contributed by atoms with Gasteiger partial charge in [0.15, 0.2) is 11.4 Å². The van der Waals surface area contributed by atoms with Crippen molar-refractivity contribution < 1.29 is 56.3 Å². The standard InChI is InChI=1S/C13H17N4O12P3/c1-2-13(6-27-31(22,23)29-32(24,25)28-30(19,20)21)11(18)8(5-26-13)9-3-4-10-12(14)15-7-16-17(9)10/h1,3-4,7-8,11,18H,5-6H2,(H,22,23)(H,24,25)(H2,14,15,16)(H2,19,20,21). The second-order valence-electron chi connectivity index (χ2n) is 6.46. The van der Waals surface area contributed by atoms with Crippen molar-refractivity contribution in [1.82, 2.24) is 14.6 Å². The molecule has 0 radical (unpaired) electrons. The number of hydrogen-bond acceptors (Lipinski definition) is 11. The Morgan fingerprint density at radius 1 is 1.25 bits per heavy atom. The van der Waals surface area contributed by atoms with E-state index >= 15 is 0 Å². The Kier molecular flexibility index (Phi) is 6.69. The number of aliphatic hydroxyl groups excluding tert-OH is 1. The van der Waals surface area contributed by atoms with Gasteiger partial charge in [-0.15, -0.1) is 6.42 Å². The monoisotopic (exact) mass is 514 g/mol. The quantitative estimate of drug-likeness (QED) is 0.192. The van der Waals surface area contributed by atoms with Crippen molar-refractivity contribution in [2.75, 3.05) is 18.9 Å². The van der Waals surface area contributed by atoms with Crippen molar-refractivity contribution >= 4 is 34.8 Å². The number of phosphoric ester groups is 1. The third-order valence-corrected chi connectivity index (χ3v) is 8.16. The van der Waals surface area contributed by atoms with E-state index in [1.54, 1.807) is 12.1 Å². The van der Waals surface area contributed by atoms with Gasteiger partial charge in [0.2, 0.25) is 0 Å². The van der Waals surface area contributed by atoms with E-state index < -0.39 is 47.7 Å². The van der Waals surface area contributed by atoms with Gasteiger partial charge in [0.05, 0.1) is 18.2 Å². The number of fused-ring (bicyclic) bond motifs is 1. The van der Waals surface area contributed by atoms with E-state index in [4.69, 9.17) is 26.7 Å². The number of ether oxygens (including phenoxy) is 1. The Morgan fingerprint density at radius 2 is 1.94 bits per heavy atom. The number of phosphoric acid groups is 3. The van der Waals surface area contributed by atoms with Gasteiger partial charge in [-0.25, -0.2) is 23.2 Å². The zero-order valence-corrected chi connectivity index (χ0v) is 18.4. The molecule has 19 heteroatoms. The summed E-state index contributed by atoms with van der Waals surface area (Å²) in [5, 5.41) is 14.8. The van der Waals surface area contributed by atoms with E-state index in [1.807, 2.05) is 0 Å². The van der Waals surface area contributed by atoms with Gasteiger partial charge < -0.3 is 35.2 Å². The molecular weight excluding hydrogens is 497 g/mol. The van der Waals surface area contributed by atoms with Gasteiger partial charge in [-0.1, -0.05) is 5.92 Å². The third kappa shape index (κ3) is 5.27. The minimum atomic E-state index is -5.71. The Hall–Kier alpha value is -1.69. The summed E-state index contributed by atoms with van der Waals surface area (Å²) in [7, 11) is -16.7. The normalized spacial score (nSPS) is 27.6. The second kappa shape index (κ2) is 8.58. The SMILES string of the molecule is C#CC1(COP(=O)(O)OP(=O)(O)OP(=O)(O)O)OCC(c2ccc3c(N)ncnn23)C1O. The zero-order valence-electron chi connectivity index (χ0n) is 15.7. The van der Waals surface area contributed by atoms with E-state index in [0.717, 1.165) is 0 Å². The molecular formula is C13H17N4O12P3. The third-order valence-electron chi connectivity index (χ3n) is 4.37. The first kappa shape index (κ1) is 24.9. The number of aliphatic hydroxyl groups is 1. The highest BCUT2D eigenvalue weighted by Gasteiger charge is 2.52. The van der Waals surface area contributed by atoms with Crippen molar-refractivity contribution in [2.24, 2.45) is 0 Å². The molecule has 0 amide bonds. The smallest absolute Gasteiger partial charge is 0.388 e. The molecule has 3 rings (SSSR count). The topological polar surface area (TPSA) is 245 Å². The highest BCUT2D eigenvalue weighted by atomic mass is 31.3. The molecule has 0 aromatic carbocycles. The van der Waals surface area contributed by atoms with Gasteiger partial charge >= 0.3 is 23.5 Å². The van der Waals surface area contributed by atoms with Gasteiger partial charge in [-0.05, 0) is 12.1 Å². The molecule has 1 aliphatic rings. The van der Waals surface area contributed by atoms with Crippen molar-refractivity contribution in [2.45, 2.75) is 17.6 Å². The van der Waals surface area contributed by atoms with E-state index in [9.17, 15) is 28.6 Å². The molecule has 16 nitrogen and oxygen atoms in total. The van der Waals surface area contributed by atoms with E-state index in [0.29, 0.717) is 11.2 Å². The fourth-order valence-corrected chi connectivity index (χ4v) is 6.07. The Bertz CT molecular complexity index is 1210. The van der Waals surface area contributed by atoms with Crippen molar-refractivity contribution in [3.05, 3.63) is 24.2 Å². The summed E-state index contributed by atoms with van der Waals surface area (Å²) in [6.45, 7) is -1.19. The first-order valence-electron chi connectivity index (χ1n) is 8.35. The molecule has 0 aliphatic carbocycles. The molecule has 1 aliphatic heterocycles. The van der Waals surface area contributed by atoms with Crippen LogP contribution in [0.4, 0.5) is 5.82 Å². The molecule has 2 aromatic heterocycles. The average molecular weight is 514 g/mol. The van der Waals surface area contributed by atoms with Crippen molar-refractivity contribution in [3.63, 3.8) is 0 Å². The van der Waals surface area contributed by atoms with Crippen LogP contribution in [-0.4, -0.2) is 64.2 Å². The van der Waals surface area contributed by atoms with E-state index in [-0.39, 0.29) is 12.4 Å². The van der Waals surface area contributed by atoms with Crippen molar-refractivity contribution in [3.8, 4) is 12.3 Å². The number of nitrogens with two attached hydrogens (primary N) is 1. The van der Waals surface area contributed by atoms with Crippen LogP contribution >= 0.6 is 23.5 Å². The molecule has 5 atom stereocenters.